The highest BCUT2D eigenvalue weighted by Crippen LogP contribution is 2.53. The molecular weight excluding hydrogens is 321 g/mol. The lowest BCUT2D eigenvalue weighted by molar-refractivity contribution is -0.163. The van der Waals surface area contributed by atoms with Crippen LogP contribution in [0.25, 0.3) is 0 Å². The molecule has 0 heterocycles. The number of hydrogen-bond acceptors (Lipinski definition) is 9. The van der Waals surface area contributed by atoms with Crippen LogP contribution in [0.3, 0.4) is 0 Å². The van der Waals surface area contributed by atoms with Crippen LogP contribution in [0.15, 0.2) is 0 Å². The third-order valence-corrected chi connectivity index (χ3v) is 4.90. The van der Waals surface area contributed by atoms with Gasteiger partial charge in [-0.2, -0.15) is 0 Å². The van der Waals surface area contributed by atoms with Crippen LogP contribution < -0.4 is 0 Å². The van der Waals surface area contributed by atoms with E-state index < -0.39 is 44.7 Å². The SMILES string of the molecule is CCOP(=O)(OCC)C(O)C[C@@H](O)[C@@H](O)[C@@H](O)CN(O)C=O. The van der Waals surface area contributed by atoms with E-state index in [2.05, 4.69) is 0 Å². The van der Waals surface area contributed by atoms with E-state index in [9.17, 15) is 29.8 Å². The van der Waals surface area contributed by atoms with E-state index >= 15 is 0 Å². The molecule has 0 aromatic carbocycles. The number of carbonyl (C=O) groups is 1. The second-order valence-corrected chi connectivity index (χ2v) is 6.64. The number of hydrogen-bond donors (Lipinski definition) is 5. The smallest absolute Gasteiger partial charge is 0.358 e. The van der Waals surface area contributed by atoms with Gasteiger partial charge in [0.2, 0.25) is 6.41 Å². The van der Waals surface area contributed by atoms with Gasteiger partial charge in [0.15, 0.2) is 5.85 Å². The molecule has 1 unspecified atom stereocenters. The summed E-state index contributed by atoms with van der Waals surface area (Å²) in [6.07, 6.45) is -5.73. The van der Waals surface area contributed by atoms with Crippen molar-refractivity contribution in [3.05, 3.63) is 0 Å². The van der Waals surface area contributed by atoms with E-state index in [0.29, 0.717) is 0 Å². The maximum absolute atomic E-state index is 12.2. The summed E-state index contributed by atoms with van der Waals surface area (Å²) in [5, 5.41) is 47.8. The molecule has 0 aliphatic heterocycles. The van der Waals surface area contributed by atoms with Crippen molar-refractivity contribution in [2.75, 3.05) is 19.8 Å². The third kappa shape index (κ3) is 6.67. The molecule has 0 rings (SSSR count). The van der Waals surface area contributed by atoms with Crippen molar-refractivity contribution in [3.8, 4) is 0 Å². The Hall–Kier alpha value is -0.580. The van der Waals surface area contributed by atoms with Crippen LogP contribution in [0.2, 0.25) is 0 Å². The zero-order valence-corrected chi connectivity index (χ0v) is 13.4. The fraction of sp³-hybridized carbons (Fsp3) is 0.909. The lowest BCUT2D eigenvalue weighted by atomic mass is 10.1. The quantitative estimate of drug-likeness (QED) is 0.128. The molecule has 0 saturated carbocycles. The Bertz CT molecular complexity index is 359. The molecule has 0 aromatic heterocycles. The summed E-state index contributed by atoms with van der Waals surface area (Å²) < 4.78 is 22.0. The molecule has 0 spiro atoms. The normalized spacial score (nSPS) is 17.6. The zero-order chi connectivity index (χ0) is 17.3. The number of amides is 1. The summed E-state index contributed by atoms with van der Waals surface area (Å²) in [5.74, 6) is -1.71. The van der Waals surface area contributed by atoms with Gasteiger partial charge in [0.25, 0.3) is 0 Å². The number of nitrogens with zero attached hydrogens (tertiary/aromatic N) is 1. The van der Waals surface area contributed by atoms with Gasteiger partial charge in [-0.15, -0.1) is 0 Å². The molecule has 132 valence electrons. The maximum atomic E-state index is 12.2. The van der Waals surface area contributed by atoms with Gasteiger partial charge in [-0.05, 0) is 13.8 Å². The first kappa shape index (κ1) is 21.4. The summed E-state index contributed by atoms with van der Waals surface area (Å²) in [5.41, 5.74) is 0. The van der Waals surface area contributed by atoms with Gasteiger partial charge in [0, 0.05) is 6.42 Å². The predicted octanol–water partition coefficient (Wildman–Crippen LogP) is -1.11. The Morgan fingerprint density at radius 3 is 2.00 bits per heavy atom. The third-order valence-electron chi connectivity index (χ3n) is 2.72. The minimum absolute atomic E-state index is 0.00835. The summed E-state index contributed by atoms with van der Waals surface area (Å²) in [4.78, 5) is 10.2. The van der Waals surface area contributed by atoms with Crippen LogP contribution in [0.4, 0.5) is 0 Å². The highest BCUT2D eigenvalue weighted by atomic mass is 31.2. The Morgan fingerprint density at radius 1 is 1.09 bits per heavy atom. The van der Waals surface area contributed by atoms with Gasteiger partial charge >= 0.3 is 7.60 Å². The standard InChI is InChI=1S/C11H24NO9P/c1-3-20-22(19,21-4-2)10(16)5-8(14)11(17)9(15)6-12(18)7-13/h7-11,14-18H,3-6H2,1-2H3/t8-,9+,10?,11-/m1/s1. The molecule has 11 heteroatoms. The molecular formula is C11H24NO9P. The van der Waals surface area contributed by atoms with E-state index in [-0.39, 0.29) is 24.7 Å². The monoisotopic (exact) mass is 345 g/mol. The number of carbonyl (C=O) groups excluding carboxylic acids is 1. The predicted molar refractivity (Wildman–Crippen MR) is 74.1 cm³/mol. The average Bonchev–Trinajstić information content (AvgIpc) is 2.46. The van der Waals surface area contributed by atoms with Gasteiger partial charge in [0.1, 0.15) is 12.2 Å². The van der Waals surface area contributed by atoms with Gasteiger partial charge in [-0.3, -0.25) is 14.6 Å². The molecule has 0 aliphatic rings. The van der Waals surface area contributed by atoms with Gasteiger partial charge in [-0.1, -0.05) is 0 Å². The second-order valence-electron chi connectivity index (χ2n) is 4.44. The van der Waals surface area contributed by atoms with Crippen molar-refractivity contribution in [3.63, 3.8) is 0 Å². The molecule has 10 nitrogen and oxygen atoms in total. The Labute approximate surface area is 128 Å². The van der Waals surface area contributed by atoms with Crippen molar-refractivity contribution >= 4 is 14.0 Å². The van der Waals surface area contributed by atoms with E-state index in [1.54, 1.807) is 13.8 Å². The molecule has 0 saturated heterocycles. The van der Waals surface area contributed by atoms with E-state index in [1.807, 2.05) is 0 Å². The molecule has 22 heavy (non-hydrogen) atoms. The molecule has 0 radical (unpaired) electrons. The van der Waals surface area contributed by atoms with Gasteiger partial charge < -0.3 is 29.5 Å². The molecule has 4 atom stereocenters. The minimum Gasteiger partial charge on any atom is -0.390 e. The highest BCUT2D eigenvalue weighted by molar-refractivity contribution is 7.54. The number of rotatable bonds is 12. The molecule has 1 amide bonds. The molecule has 0 aliphatic carbocycles. The summed E-state index contributed by atoms with van der Waals surface area (Å²) in [6.45, 7) is 2.46. The maximum Gasteiger partial charge on any atom is 0.358 e. The highest BCUT2D eigenvalue weighted by Gasteiger charge is 2.38. The fourth-order valence-corrected chi connectivity index (χ4v) is 3.27. The van der Waals surface area contributed by atoms with Crippen molar-refractivity contribution < 1.29 is 44.0 Å². The van der Waals surface area contributed by atoms with E-state index in [1.165, 1.54) is 0 Å². The zero-order valence-electron chi connectivity index (χ0n) is 12.5. The lowest BCUT2D eigenvalue weighted by Gasteiger charge is -2.28. The minimum atomic E-state index is -3.88. The van der Waals surface area contributed by atoms with E-state index in [4.69, 9.17) is 14.3 Å². The fourth-order valence-electron chi connectivity index (χ4n) is 1.65. The van der Waals surface area contributed by atoms with Crippen LogP contribution in [-0.4, -0.2) is 81.0 Å². The van der Waals surface area contributed by atoms with E-state index in [0.717, 1.165) is 0 Å². The first-order chi connectivity index (χ1) is 10.2. The van der Waals surface area contributed by atoms with Crippen molar-refractivity contribution in [2.24, 2.45) is 0 Å². The van der Waals surface area contributed by atoms with Crippen molar-refractivity contribution in [1.29, 1.82) is 0 Å². The average molecular weight is 345 g/mol. The first-order valence-corrected chi connectivity index (χ1v) is 8.34. The van der Waals surface area contributed by atoms with Crippen LogP contribution in [0.1, 0.15) is 20.3 Å². The van der Waals surface area contributed by atoms with Crippen LogP contribution in [-0.2, 0) is 18.4 Å². The summed E-state index contributed by atoms with van der Waals surface area (Å²) in [7, 11) is -3.88. The molecule has 0 aromatic rings. The Kier molecular flexibility index (Phi) is 9.97. The second kappa shape index (κ2) is 10.2. The largest absolute Gasteiger partial charge is 0.390 e. The topological polar surface area (TPSA) is 157 Å². The molecule has 0 bridgehead atoms. The summed E-state index contributed by atoms with van der Waals surface area (Å²) >= 11 is 0. The number of hydroxylamine groups is 2. The molecule has 5 N–H and O–H groups in total. The van der Waals surface area contributed by atoms with Crippen LogP contribution in [0.5, 0.6) is 0 Å². The van der Waals surface area contributed by atoms with Crippen molar-refractivity contribution in [2.45, 2.75) is 44.4 Å². The van der Waals surface area contributed by atoms with Gasteiger partial charge in [-0.25, -0.2) is 5.06 Å². The van der Waals surface area contributed by atoms with Crippen molar-refractivity contribution in [1.82, 2.24) is 5.06 Å². The lowest BCUT2D eigenvalue weighted by Crippen LogP contribution is -2.44. The Balaban J connectivity index is 4.69. The van der Waals surface area contributed by atoms with Gasteiger partial charge in [0.05, 0.1) is 25.9 Å². The first-order valence-electron chi connectivity index (χ1n) is 6.73. The summed E-state index contributed by atoms with van der Waals surface area (Å²) in [6, 6.07) is 0. The number of aliphatic hydroxyl groups excluding tert-OH is 4. The number of aliphatic hydroxyl groups is 4. The Morgan fingerprint density at radius 2 is 1.59 bits per heavy atom. The van der Waals surface area contributed by atoms with Crippen LogP contribution in [0, 0.1) is 0 Å². The van der Waals surface area contributed by atoms with Crippen LogP contribution >= 0.6 is 7.60 Å². The molecule has 0 fully saturated rings.